The summed E-state index contributed by atoms with van der Waals surface area (Å²) in [5.41, 5.74) is 0.108. The van der Waals surface area contributed by atoms with Gasteiger partial charge in [-0.1, -0.05) is 6.92 Å². The third kappa shape index (κ3) is 3.11. The average Bonchev–Trinajstić information content (AvgIpc) is 2.13. The predicted molar refractivity (Wildman–Crippen MR) is 47.2 cm³/mol. The zero-order valence-corrected chi connectivity index (χ0v) is 8.07. The van der Waals surface area contributed by atoms with E-state index in [9.17, 15) is 17.6 Å². The van der Waals surface area contributed by atoms with E-state index in [1.54, 1.807) is 6.92 Å². The first-order chi connectivity index (χ1) is 7.04. The standard InChI is InChI=1S/C10H10F4O/c1-2-7-8(12)3-6(11)4-9(7)15-5-10(13)14/h3-4,10H,2,5H2,1H3. The summed E-state index contributed by atoms with van der Waals surface area (Å²) >= 11 is 0. The lowest BCUT2D eigenvalue weighted by Gasteiger charge is -2.10. The molecule has 1 aromatic rings. The van der Waals surface area contributed by atoms with Gasteiger partial charge in [-0.25, -0.2) is 17.6 Å². The predicted octanol–water partition coefficient (Wildman–Crippen LogP) is 3.17. The molecule has 0 radical (unpaired) electrons. The smallest absolute Gasteiger partial charge is 0.272 e. The van der Waals surface area contributed by atoms with Crippen LogP contribution in [0.25, 0.3) is 0 Å². The van der Waals surface area contributed by atoms with E-state index < -0.39 is 24.7 Å². The summed E-state index contributed by atoms with van der Waals surface area (Å²) in [4.78, 5) is 0. The van der Waals surface area contributed by atoms with E-state index in [0.29, 0.717) is 6.07 Å². The molecule has 0 bridgehead atoms. The Hall–Kier alpha value is -1.26. The Labute approximate surface area is 84.7 Å². The van der Waals surface area contributed by atoms with Gasteiger partial charge in [-0.05, 0) is 6.42 Å². The molecule has 1 rings (SSSR count). The highest BCUT2D eigenvalue weighted by Gasteiger charge is 2.12. The van der Waals surface area contributed by atoms with Crippen molar-refractivity contribution < 1.29 is 22.3 Å². The molecule has 0 atom stereocenters. The van der Waals surface area contributed by atoms with Crippen LogP contribution in [0.2, 0.25) is 0 Å². The minimum atomic E-state index is -2.67. The Morgan fingerprint density at radius 1 is 1.27 bits per heavy atom. The molecule has 0 aliphatic heterocycles. The lowest BCUT2D eigenvalue weighted by Crippen LogP contribution is -2.09. The van der Waals surface area contributed by atoms with Gasteiger partial charge < -0.3 is 4.74 Å². The van der Waals surface area contributed by atoms with E-state index >= 15 is 0 Å². The van der Waals surface area contributed by atoms with E-state index in [1.165, 1.54) is 0 Å². The molecule has 15 heavy (non-hydrogen) atoms. The van der Waals surface area contributed by atoms with Crippen LogP contribution in [0.15, 0.2) is 12.1 Å². The van der Waals surface area contributed by atoms with E-state index in [2.05, 4.69) is 4.74 Å². The van der Waals surface area contributed by atoms with Gasteiger partial charge in [0.05, 0.1) is 0 Å². The highest BCUT2D eigenvalue weighted by Crippen LogP contribution is 2.24. The molecule has 0 saturated carbocycles. The van der Waals surface area contributed by atoms with Gasteiger partial charge in [-0.3, -0.25) is 0 Å². The van der Waals surface area contributed by atoms with E-state index in [0.717, 1.165) is 6.07 Å². The maximum atomic E-state index is 13.1. The van der Waals surface area contributed by atoms with Crippen molar-refractivity contribution in [1.82, 2.24) is 0 Å². The quantitative estimate of drug-likeness (QED) is 0.711. The highest BCUT2D eigenvalue weighted by molar-refractivity contribution is 5.35. The highest BCUT2D eigenvalue weighted by atomic mass is 19.3. The number of ether oxygens (including phenoxy) is 1. The molecule has 0 aromatic heterocycles. The normalized spacial score (nSPS) is 10.8. The van der Waals surface area contributed by atoms with E-state index in [4.69, 9.17) is 0 Å². The van der Waals surface area contributed by atoms with Crippen LogP contribution in [0.3, 0.4) is 0 Å². The van der Waals surface area contributed by atoms with Crippen LogP contribution in [0.1, 0.15) is 12.5 Å². The topological polar surface area (TPSA) is 9.23 Å². The van der Waals surface area contributed by atoms with Gasteiger partial charge in [-0.15, -0.1) is 0 Å². The van der Waals surface area contributed by atoms with Crippen molar-refractivity contribution in [3.05, 3.63) is 29.3 Å². The summed E-state index contributed by atoms with van der Waals surface area (Å²) in [5.74, 6) is -1.77. The second-order valence-corrected chi connectivity index (χ2v) is 2.92. The molecule has 0 saturated heterocycles. The molecule has 5 heteroatoms. The fourth-order valence-corrected chi connectivity index (χ4v) is 1.20. The number of hydrogen-bond acceptors (Lipinski definition) is 1. The maximum Gasteiger partial charge on any atom is 0.272 e. The molecule has 84 valence electrons. The molecule has 0 aliphatic carbocycles. The van der Waals surface area contributed by atoms with Crippen molar-refractivity contribution in [3.8, 4) is 5.75 Å². The minimum absolute atomic E-state index is 0.108. The van der Waals surface area contributed by atoms with Crippen LogP contribution < -0.4 is 4.74 Å². The molecule has 0 amide bonds. The minimum Gasteiger partial charge on any atom is -0.487 e. The Bertz CT molecular complexity index is 338. The van der Waals surface area contributed by atoms with Crippen LogP contribution in [-0.4, -0.2) is 13.0 Å². The number of halogens is 4. The van der Waals surface area contributed by atoms with Crippen LogP contribution in [0.5, 0.6) is 5.75 Å². The third-order valence-corrected chi connectivity index (χ3v) is 1.84. The Kier molecular flexibility index (Phi) is 3.94. The van der Waals surface area contributed by atoms with Crippen molar-refractivity contribution in [2.75, 3.05) is 6.61 Å². The fraction of sp³-hybridized carbons (Fsp3) is 0.400. The van der Waals surface area contributed by atoms with E-state index in [-0.39, 0.29) is 17.7 Å². The lowest BCUT2D eigenvalue weighted by molar-refractivity contribution is 0.0810. The molecular formula is C10H10F4O. The molecule has 0 heterocycles. The summed E-state index contributed by atoms with van der Waals surface area (Å²) in [7, 11) is 0. The van der Waals surface area contributed by atoms with Crippen molar-refractivity contribution in [2.45, 2.75) is 19.8 Å². The second-order valence-electron chi connectivity index (χ2n) is 2.92. The van der Waals surface area contributed by atoms with Crippen molar-refractivity contribution in [2.24, 2.45) is 0 Å². The number of benzene rings is 1. The van der Waals surface area contributed by atoms with E-state index in [1.807, 2.05) is 0 Å². The zero-order chi connectivity index (χ0) is 11.4. The van der Waals surface area contributed by atoms with Gasteiger partial charge in [-0.2, -0.15) is 0 Å². The first-order valence-electron chi connectivity index (χ1n) is 4.43. The van der Waals surface area contributed by atoms with Crippen LogP contribution in [0.4, 0.5) is 17.6 Å². The Balaban J connectivity index is 2.93. The summed E-state index contributed by atoms with van der Waals surface area (Å²) < 4.78 is 54.2. The Morgan fingerprint density at radius 2 is 1.93 bits per heavy atom. The first-order valence-corrected chi connectivity index (χ1v) is 4.43. The summed E-state index contributed by atoms with van der Waals surface area (Å²) in [6, 6.07) is 1.61. The fourth-order valence-electron chi connectivity index (χ4n) is 1.20. The first kappa shape index (κ1) is 11.8. The molecule has 0 spiro atoms. The molecule has 1 nitrogen and oxygen atoms in total. The molecule has 0 N–H and O–H groups in total. The third-order valence-electron chi connectivity index (χ3n) is 1.84. The van der Waals surface area contributed by atoms with Crippen molar-refractivity contribution in [1.29, 1.82) is 0 Å². The molecule has 1 aromatic carbocycles. The van der Waals surface area contributed by atoms with Gasteiger partial charge in [0.15, 0.2) is 0 Å². The number of hydrogen-bond donors (Lipinski definition) is 0. The number of rotatable bonds is 4. The van der Waals surface area contributed by atoms with Crippen LogP contribution in [-0.2, 0) is 6.42 Å². The zero-order valence-electron chi connectivity index (χ0n) is 8.07. The summed E-state index contributed by atoms with van der Waals surface area (Å²) in [6.07, 6.45) is -2.41. The maximum absolute atomic E-state index is 13.1. The molecule has 0 aliphatic rings. The van der Waals surface area contributed by atoms with Gasteiger partial charge in [0.2, 0.25) is 0 Å². The monoisotopic (exact) mass is 222 g/mol. The van der Waals surface area contributed by atoms with Crippen LogP contribution >= 0.6 is 0 Å². The van der Waals surface area contributed by atoms with Gasteiger partial charge in [0.1, 0.15) is 24.0 Å². The largest absolute Gasteiger partial charge is 0.487 e. The molecular weight excluding hydrogens is 212 g/mol. The summed E-state index contributed by atoms with van der Waals surface area (Å²) in [5, 5.41) is 0. The second kappa shape index (κ2) is 5.00. The van der Waals surface area contributed by atoms with Crippen molar-refractivity contribution >= 4 is 0 Å². The van der Waals surface area contributed by atoms with Crippen LogP contribution in [0, 0.1) is 11.6 Å². The van der Waals surface area contributed by atoms with Crippen molar-refractivity contribution in [3.63, 3.8) is 0 Å². The van der Waals surface area contributed by atoms with Gasteiger partial charge in [0, 0.05) is 17.7 Å². The summed E-state index contributed by atoms with van der Waals surface area (Å²) in [6.45, 7) is 0.765. The average molecular weight is 222 g/mol. The molecule has 0 unspecified atom stereocenters. The molecule has 0 fully saturated rings. The van der Waals surface area contributed by atoms with Gasteiger partial charge >= 0.3 is 0 Å². The Morgan fingerprint density at radius 3 is 2.47 bits per heavy atom. The lowest BCUT2D eigenvalue weighted by atomic mass is 10.1. The van der Waals surface area contributed by atoms with Gasteiger partial charge in [0.25, 0.3) is 6.43 Å². The SMILES string of the molecule is CCc1c(F)cc(F)cc1OCC(F)F. The number of alkyl halides is 2.